The van der Waals surface area contributed by atoms with Gasteiger partial charge in [0, 0.05) is 11.9 Å². The van der Waals surface area contributed by atoms with Gasteiger partial charge in [-0.1, -0.05) is 12.1 Å². The molecule has 1 unspecified atom stereocenters. The molecule has 5 rings (SSSR count). The standard InChI is InChI=1S/C25H24N2O4/c1-29-24-14-23(30-18-6-4-12-26-15-18)25(28)19-13-17(9-11-22(19)31-24)21-10-8-16-5-2-3-7-20(16)27-21/h3-4,6-7,9,11-15,21,27-28H,2,5,8,10H2,1H3. The third-order valence-corrected chi connectivity index (χ3v) is 5.76. The molecule has 2 aliphatic heterocycles. The van der Waals surface area contributed by atoms with Crippen molar-refractivity contribution in [1.82, 2.24) is 10.3 Å². The minimum Gasteiger partial charge on any atom is -0.504 e. The van der Waals surface area contributed by atoms with E-state index in [1.807, 2.05) is 18.2 Å². The van der Waals surface area contributed by atoms with Crippen molar-refractivity contribution >= 4 is 5.76 Å². The van der Waals surface area contributed by atoms with Crippen LogP contribution in [0.25, 0.3) is 5.76 Å². The molecule has 2 N–H and O–H groups in total. The molecule has 0 fully saturated rings. The fraction of sp³-hybridized carbons (Fsp3) is 0.240. The van der Waals surface area contributed by atoms with Crippen molar-refractivity contribution in [3.8, 4) is 11.5 Å². The van der Waals surface area contributed by atoms with Crippen molar-refractivity contribution in [2.75, 3.05) is 7.11 Å². The van der Waals surface area contributed by atoms with Crippen LogP contribution >= 0.6 is 0 Å². The summed E-state index contributed by atoms with van der Waals surface area (Å²) in [6.07, 6.45) is 13.5. The van der Waals surface area contributed by atoms with Crippen molar-refractivity contribution in [2.45, 2.75) is 31.7 Å². The Morgan fingerprint density at radius 1 is 1.23 bits per heavy atom. The number of ether oxygens (including phenoxy) is 3. The van der Waals surface area contributed by atoms with Crippen LogP contribution in [0.3, 0.4) is 0 Å². The Morgan fingerprint density at radius 2 is 2.16 bits per heavy atom. The molecule has 0 bridgehead atoms. The van der Waals surface area contributed by atoms with Gasteiger partial charge in [0.1, 0.15) is 11.5 Å². The smallest absolute Gasteiger partial charge is 0.288 e. The number of aliphatic hydroxyl groups excluding tert-OH is 1. The van der Waals surface area contributed by atoms with Gasteiger partial charge < -0.3 is 24.6 Å². The Bertz CT molecular complexity index is 1120. The fourth-order valence-electron chi connectivity index (χ4n) is 4.15. The number of methoxy groups -OCH3 is 1. The van der Waals surface area contributed by atoms with E-state index in [1.165, 1.54) is 24.5 Å². The predicted octanol–water partition coefficient (Wildman–Crippen LogP) is 5.30. The number of nitrogens with one attached hydrogen (secondary N) is 1. The monoisotopic (exact) mass is 416 g/mol. The number of benzene rings is 1. The molecule has 1 aromatic carbocycles. The second-order valence-corrected chi connectivity index (χ2v) is 7.72. The first-order chi connectivity index (χ1) is 15.2. The fourth-order valence-corrected chi connectivity index (χ4v) is 4.15. The average Bonchev–Trinajstić information content (AvgIpc) is 2.95. The molecule has 0 spiro atoms. The van der Waals surface area contributed by atoms with E-state index in [2.05, 4.69) is 22.5 Å². The summed E-state index contributed by atoms with van der Waals surface area (Å²) in [6, 6.07) is 9.56. The number of hydrogen-bond donors (Lipinski definition) is 2. The van der Waals surface area contributed by atoms with Crippen LogP contribution in [0.5, 0.6) is 11.5 Å². The van der Waals surface area contributed by atoms with Crippen molar-refractivity contribution in [3.05, 3.63) is 95.1 Å². The highest BCUT2D eigenvalue weighted by Gasteiger charge is 2.25. The van der Waals surface area contributed by atoms with E-state index in [0.717, 1.165) is 31.2 Å². The number of nitrogens with zero attached hydrogens (tertiary/aromatic N) is 1. The molecule has 31 heavy (non-hydrogen) atoms. The van der Waals surface area contributed by atoms with Gasteiger partial charge in [0.15, 0.2) is 11.5 Å². The molecule has 3 heterocycles. The van der Waals surface area contributed by atoms with Crippen molar-refractivity contribution in [1.29, 1.82) is 0 Å². The molecule has 6 nitrogen and oxygen atoms in total. The summed E-state index contributed by atoms with van der Waals surface area (Å²) < 4.78 is 17.1. The van der Waals surface area contributed by atoms with Gasteiger partial charge in [0.2, 0.25) is 0 Å². The van der Waals surface area contributed by atoms with E-state index < -0.39 is 0 Å². The maximum Gasteiger partial charge on any atom is 0.288 e. The highest BCUT2D eigenvalue weighted by atomic mass is 16.7. The molecule has 0 saturated heterocycles. The third-order valence-electron chi connectivity index (χ3n) is 5.76. The zero-order valence-corrected chi connectivity index (χ0v) is 17.3. The summed E-state index contributed by atoms with van der Waals surface area (Å²) in [4.78, 5) is 4.06. The van der Waals surface area contributed by atoms with Gasteiger partial charge in [-0.2, -0.15) is 0 Å². The highest BCUT2D eigenvalue weighted by Crippen LogP contribution is 2.38. The molecule has 3 aliphatic rings. The second-order valence-electron chi connectivity index (χ2n) is 7.72. The highest BCUT2D eigenvalue weighted by molar-refractivity contribution is 5.70. The molecule has 1 aliphatic carbocycles. The number of fused-ring (bicyclic) bond motifs is 1. The van der Waals surface area contributed by atoms with Crippen LogP contribution in [0, 0.1) is 0 Å². The molecule has 1 aromatic heterocycles. The van der Waals surface area contributed by atoms with Crippen molar-refractivity contribution in [2.24, 2.45) is 0 Å². The first kappa shape index (κ1) is 19.3. The van der Waals surface area contributed by atoms with Crippen LogP contribution in [0.1, 0.15) is 42.9 Å². The maximum atomic E-state index is 11.1. The Hall–Kier alpha value is -3.67. The zero-order chi connectivity index (χ0) is 21.2. The lowest BCUT2D eigenvalue weighted by Gasteiger charge is -2.30. The van der Waals surface area contributed by atoms with Crippen molar-refractivity contribution < 1.29 is 19.3 Å². The predicted molar refractivity (Wildman–Crippen MR) is 117 cm³/mol. The third kappa shape index (κ3) is 3.89. The average molecular weight is 416 g/mol. The number of rotatable bonds is 4. The molecule has 0 saturated carbocycles. The van der Waals surface area contributed by atoms with Gasteiger partial charge >= 0.3 is 0 Å². The first-order valence-electron chi connectivity index (χ1n) is 10.5. The van der Waals surface area contributed by atoms with Gasteiger partial charge in [-0.15, -0.1) is 0 Å². The van der Waals surface area contributed by atoms with Crippen LogP contribution < -0.4 is 14.8 Å². The van der Waals surface area contributed by atoms with Crippen LogP contribution in [-0.2, 0) is 4.74 Å². The molecule has 2 aromatic rings. The van der Waals surface area contributed by atoms with Crippen LogP contribution in [0.15, 0.2) is 83.9 Å². The maximum absolute atomic E-state index is 11.1. The number of allylic oxidation sites excluding steroid dienone is 4. The molecule has 1 atom stereocenters. The lowest BCUT2D eigenvalue weighted by Crippen LogP contribution is -2.26. The molecule has 158 valence electrons. The summed E-state index contributed by atoms with van der Waals surface area (Å²) in [6.45, 7) is 0. The largest absolute Gasteiger partial charge is 0.504 e. The number of hydrogen-bond acceptors (Lipinski definition) is 6. The quantitative estimate of drug-likeness (QED) is 0.705. The van der Waals surface area contributed by atoms with Gasteiger partial charge in [-0.25, -0.2) is 0 Å². The van der Waals surface area contributed by atoms with E-state index >= 15 is 0 Å². The normalized spacial score (nSPS) is 20.0. The molecule has 6 heteroatoms. The Kier molecular flexibility index (Phi) is 5.12. The molecule has 0 amide bonds. The lowest BCUT2D eigenvalue weighted by molar-refractivity contribution is 0.150. The summed E-state index contributed by atoms with van der Waals surface area (Å²) in [5, 5.41) is 14.8. The topological polar surface area (TPSA) is 72.8 Å². The number of pyridine rings is 1. The SMILES string of the molecule is COC1=CC(Oc2cccnc2)=C(O)c2cc(C3CCC4=C(C=CCC4)N3)ccc2O1. The second kappa shape index (κ2) is 8.22. The Labute approximate surface area is 181 Å². The van der Waals surface area contributed by atoms with Crippen LogP contribution in [-0.4, -0.2) is 17.2 Å². The summed E-state index contributed by atoms with van der Waals surface area (Å²) in [5.74, 6) is 1.47. The van der Waals surface area contributed by atoms with E-state index in [9.17, 15) is 5.11 Å². The zero-order valence-electron chi connectivity index (χ0n) is 17.3. The molecule has 0 radical (unpaired) electrons. The van der Waals surface area contributed by atoms with Gasteiger partial charge in [0.25, 0.3) is 5.95 Å². The molecular formula is C25H24N2O4. The van der Waals surface area contributed by atoms with E-state index in [-0.39, 0.29) is 23.5 Å². The summed E-state index contributed by atoms with van der Waals surface area (Å²) >= 11 is 0. The number of aliphatic hydroxyl groups is 1. The van der Waals surface area contributed by atoms with E-state index in [1.54, 1.807) is 24.5 Å². The summed E-state index contributed by atoms with van der Waals surface area (Å²) in [7, 11) is 1.51. The van der Waals surface area contributed by atoms with Crippen LogP contribution in [0.2, 0.25) is 0 Å². The van der Waals surface area contributed by atoms with Gasteiger partial charge in [-0.05, 0) is 67.2 Å². The van der Waals surface area contributed by atoms with Gasteiger partial charge in [-0.3, -0.25) is 4.98 Å². The van der Waals surface area contributed by atoms with Gasteiger partial charge in [0.05, 0.1) is 31.0 Å². The van der Waals surface area contributed by atoms with E-state index in [0.29, 0.717) is 17.1 Å². The first-order valence-corrected chi connectivity index (χ1v) is 10.5. The molecular weight excluding hydrogens is 392 g/mol. The van der Waals surface area contributed by atoms with E-state index in [4.69, 9.17) is 14.2 Å². The minimum atomic E-state index is -0.0129. The Morgan fingerprint density at radius 3 is 3.00 bits per heavy atom. The van der Waals surface area contributed by atoms with Crippen LogP contribution in [0.4, 0.5) is 0 Å². The minimum absolute atomic E-state index is 0.0129. The number of aromatic nitrogens is 1. The summed E-state index contributed by atoms with van der Waals surface area (Å²) in [5.41, 5.74) is 4.37. The van der Waals surface area contributed by atoms with Crippen molar-refractivity contribution in [3.63, 3.8) is 0 Å². The lowest BCUT2D eigenvalue weighted by atomic mass is 9.88. The Balaban J connectivity index is 1.50.